The third-order valence-electron chi connectivity index (χ3n) is 4.29. The molecule has 1 aromatic carbocycles. The van der Waals surface area contributed by atoms with E-state index in [0.717, 1.165) is 0 Å². The molecule has 0 spiro atoms. The molecule has 3 aromatic rings. The fourth-order valence-electron chi connectivity index (χ4n) is 2.99. The van der Waals surface area contributed by atoms with Crippen LogP contribution in [0, 0.1) is 11.6 Å². The molecular formula is C20H20ClF2N5O. The average molecular weight is 420 g/mol. The van der Waals surface area contributed by atoms with Crippen LogP contribution in [-0.4, -0.2) is 27.1 Å². The molecule has 0 fully saturated rings. The number of benzene rings is 1. The van der Waals surface area contributed by atoms with E-state index in [1.165, 1.54) is 18.3 Å². The summed E-state index contributed by atoms with van der Waals surface area (Å²) in [6, 6.07) is 2.91. The molecule has 2 aromatic heterocycles. The lowest BCUT2D eigenvalue weighted by Crippen LogP contribution is -2.37. The third-order valence-corrected chi connectivity index (χ3v) is 4.51. The lowest BCUT2D eigenvalue weighted by molar-refractivity contribution is 0.238. The molecule has 0 bridgehead atoms. The molecule has 0 radical (unpaired) electrons. The van der Waals surface area contributed by atoms with Gasteiger partial charge in [0.1, 0.15) is 11.6 Å². The first kappa shape index (κ1) is 20.7. The summed E-state index contributed by atoms with van der Waals surface area (Å²) in [5.41, 5.74) is 1.39. The molecule has 0 saturated carbocycles. The van der Waals surface area contributed by atoms with Gasteiger partial charge in [0.2, 0.25) is 0 Å². The summed E-state index contributed by atoms with van der Waals surface area (Å²) in [6.45, 7) is 3.85. The smallest absolute Gasteiger partial charge is 0.315 e. The Kier molecular flexibility index (Phi) is 6.12. The van der Waals surface area contributed by atoms with Crippen LogP contribution in [0.2, 0.25) is 5.02 Å². The summed E-state index contributed by atoms with van der Waals surface area (Å²) in [5.74, 6) is -1.19. The van der Waals surface area contributed by atoms with Crippen LogP contribution >= 0.6 is 11.6 Å². The average Bonchev–Trinajstić information content (AvgIpc) is 3.06. The molecule has 2 heterocycles. The van der Waals surface area contributed by atoms with Gasteiger partial charge in [-0.25, -0.2) is 18.6 Å². The molecule has 3 rings (SSSR count). The van der Waals surface area contributed by atoms with E-state index in [-0.39, 0.29) is 16.3 Å². The quantitative estimate of drug-likeness (QED) is 0.641. The number of carbonyl (C=O) groups excluding carboxylic acids is 1. The SMILES string of the molecule is CCNC(=O)N[C@H](C)c1ncc(-c2cc(Cl)cc(F)c2-c2cn(C)cn2)cc1F. The third kappa shape index (κ3) is 4.54. The van der Waals surface area contributed by atoms with E-state index in [2.05, 4.69) is 20.6 Å². The number of rotatable bonds is 5. The molecule has 0 aliphatic rings. The number of halogens is 3. The molecule has 9 heteroatoms. The van der Waals surface area contributed by atoms with Crippen molar-refractivity contribution < 1.29 is 13.6 Å². The Morgan fingerprint density at radius 1 is 1.24 bits per heavy atom. The van der Waals surface area contributed by atoms with E-state index in [1.54, 1.807) is 44.1 Å². The van der Waals surface area contributed by atoms with Crippen LogP contribution in [0.5, 0.6) is 0 Å². The first-order valence-corrected chi connectivity index (χ1v) is 9.35. The van der Waals surface area contributed by atoms with E-state index >= 15 is 0 Å². The first-order valence-electron chi connectivity index (χ1n) is 8.97. The minimum atomic E-state index is -0.651. The molecule has 152 valence electrons. The van der Waals surface area contributed by atoms with Crippen LogP contribution in [0.15, 0.2) is 36.9 Å². The number of nitrogens with one attached hydrogen (secondary N) is 2. The Morgan fingerprint density at radius 3 is 2.62 bits per heavy atom. The van der Waals surface area contributed by atoms with E-state index in [1.807, 2.05) is 0 Å². The number of hydrogen-bond acceptors (Lipinski definition) is 3. The molecule has 0 saturated heterocycles. The van der Waals surface area contributed by atoms with Gasteiger partial charge in [-0.2, -0.15) is 0 Å². The Hall–Kier alpha value is -3.00. The second kappa shape index (κ2) is 8.57. The highest BCUT2D eigenvalue weighted by Crippen LogP contribution is 2.36. The van der Waals surface area contributed by atoms with Gasteiger partial charge in [0.15, 0.2) is 0 Å². The lowest BCUT2D eigenvalue weighted by Gasteiger charge is -2.16. The van der Waals surface area contributed by atoms with Crippen LogP contribution in [0.1, 0.15) is 25.6 Å². The van der Waals surface area contributed by atoms with Crippen molar-refractivity contribution in [2.24, 2.45) is 7.05 Å². The summed E-state index contributed by atoms with van der Waals surface area (Å²) in [5, 5.41) is 5.36. The molecule has 2 amide bonds. The van der Waals surface area contributed by atoms with Crippen molar-refractivity contribution in [2.75, 3.05) is 6.54 Å². The zero-order valence-electron chi connectivity index (χ0n) is 16.1. The van der Waals surface area contributed by atoms with Gasteiger partial charge in [-0.15, -0.1) is 0 Å². The summed E-state index contributed by atoms with van der Waals surface area (Å²) >= 11 is 6.04. The van der Waals surface area contributed by atoms with Crippen LogP contribution in [-0.2, 0) is 7.05 Å². The molecule has 0 unspecified atom stereocenters. The highest BCUT2D eigenvalue weighted by atomic mass is 35.5. The van der Waals surface area contributed by atoms with Crippen LogP contribution in [0.3, 0.4) is 0 Å². The highest BCUT2D eigenvalue weighted by molar-refractivity contribution is 6.31. The maximum atomic E-state index is 14.8. The molecular weight excluding hydrogens is 400 g/mol. The Morgan fingerprint density at radius 2 is 2.00 bits per heavy atom. The summed E-state index contributed by atoms with van der Waals surface area (Å²) in [4.78, 5) is 20.0. The predicted octanol–water partition coefficient (Wildman–Crippen LogP) is 4.46. The van der Waals surface area contributed by atoms with E-state index in [0.29, 0.717) is 23.4 Å². The predicted molar refractivity (Wildman–Crippen MR) is 107 cm³/mol. The number of pyridine rings is 1. The van der Waals surface area contributed by atoms with Crippen molar-refractivity contribution in [1.29, 1.82) is 0 Å². The number of amides is 2. The van der Waals surface area contributed by atoms with E-state index < -0.39 is 23.7 Å². The summed E-state index contributed by atoms with van der Waals surface area (Å²) in [7, 11) is 1.77. The van der Waals surface area contributed by atoms with Gasteiger partial charge >= 0.3 is 6.03 Å². The summed E-state index contributed by atoms with van der Waals surface area (Å²) in [6.07, 6.45) is 4.63. The van der Waals surface area contributed by atoms with Crippen molar-refractivity contribution in [3.05, 3.63) is 59.3 Å². The van der Waals surface area contributed by atoms with E-state index in [4.69, 9.17) is 11.6 Å². The second-order valence-electron chi connectivity index (χ2n) is 6.55. The molecule has 2 N–H and O–H groups in total. The fourth-order valence-corrected chi connectivity index (χ4v) is 3.20. The number of imidazole rings is 1. The van der Waals surface area contributed by atoms with Crippen molar-refractivity contribution >= 4 is 17.6 Å². The minimum Gasteiger partial charge on any atom is -0.340 e. The van der Waals surface area contributed by atoms with Gasteiger partial charge in [-0.3, -0.25) is 4.98 Å². The molecule has 29 heavy (non-hydrogen) atoms. The van der Waals surface area contributed by atoms with Crippen molar-refractivity contribution in [3.63, 3.8) is 0 Å². The first-order chi connectivity index (χ1) is 13.8. The fraction of sp³-hybridized carbons (Fsp3) is 0.250. The van der Waals surface area contributed by atoms with Crippen LogP contribution in [0.25, 0.3) is 22.4 Å². The minimum absolute atomic E-state index is 0.0712. The number of carbonyl (C=O) groups is 1. The normalized spacial score (nSPS) is 11.9. The maximum absolute atomic E-state index is 14.8. The Labute approximate surface area is 171 Å². The van der Waals surface area contributed by atoms with Gasteiger partial charge in [0.05, 0.1) is 23.8 Å². The number of hydrogen-bond donors (Lipinski definition) is 2. The molecule has 6 nitrogen and oxygen atoms in total. The number of aryl methyl sites for hydroxylation is 1. The zero-order chi connectivity index (χ0) is 21.1. The summed E-state index contributed by atoms with van der Waals surface area (Å²) < 4.78 is 31.2. The maximum Gasteiger partial charge on any atom is 0.315 e. The highest BCUT2D eigenvalue weighted by Gasteiger charge is 2.20. The van der Waals surface area contributed by atoms with Gasteiger partial charge in [-0.05, 0) is 37.6 Å². The second-order valence-corrected chi connectivity index (χ2v) is 6.99. The van der Waals surface area contributed by atoms with Crippen LogP contribution in [0.4, 0.5) is 13.6 Å². The van der Waals surface area contributed by atoms with Crippen molar-refractivity contribution in [3.8, 4) is 22.4 Å². The monoisotopic (exact) mass is 419 g/mol. The Bertz CT molecular complexity index is 1050. The van der Waals surface area contributed by atoms with Gasteiger partial charge < -0.3 is 15.2 Å². The molecule has 0 aliphatic heterocycles. The van der Waals surface area contributed by atoms with Crippen molar-refractivity contribution in [2.45, 2.75) is 19.9 Å². The number of aromatic nitrogens is 3. The van der Waals surface area contributed by atoms with Crippen molar-refractivity contribution in [1.82, 2.24) is 25.2 Å². The van der Waals surface area contributed by atoms with Crippen LogP contribution < -0.4 is 10.6 Å². The lowest BCUT2D eigenvalue weighted by atomic mass is 9.98. The van der Waals surface area contributed by atoms with Gasteiger partial charge in [-0.1, -0.05) is 11.6 Å². The largest absolute Gasteiger partial charge is 0.340 e. The standard InChI is InChI=1S/C20H20ClF2N5O/c1-4-24-20(29)27-11(2)19-16(23)5-12(8-25-19)14-6-13(21)7-15(22)18(14)17-9-28(3)10-26-17/h5-11H,4H2,1-3H3,(H2,24,27,29)/t11-/m1/s1. The van der Waals surface area contributed by atoms with E-state index in [9.17, 15) is 13.6 Å². The molecule has 0 aliphatic carbocycles. The topological polar surface area (TPSA) is 71.8 Å². The number of nitrogens with zero attached hydrogens (tertiary/aromatic N) is 3. The van der Waals surface area contributed by atoms with Gasteiger partial charge in [0, 0.05) is 42.1 Å². The molecule has 1 atom stereocenters. The van der Waals surface area contributed by atoms with Gasteiger partial charge in [0.25, 0.3) is 0 Å². The number of urea groups is 1. The zero-order valence-corrected chi connectivity index (χ0v) is 16.9. The Balaban J connectivity index is 2.02.